The van der Waals surface area contributed by atoms with Crippen LogP contribution in [-0.2, 0) is 4.79 Å². The topological polar surface area (TPSA) is 29.1 Å². The van der Waals surface area contributed by atoms with Crippen molar-refractivity contribution in [2.45, 2.75) is 57.7 Å². The first kappa shape index (κ1) is 15.2. The third-order valence-corrected chi connectivity index (χ3v) is 5.19. The second-order valence-electron chi connectivity index (χ2n) is 6.05. The standard InChI is InChI=1S/C13H24ClNOS/c1-12(2,3)10(6-8-14)15-11(16)13(4)7-5-9-17-13/h10H,5-9H2,1-4H3,(H,15,16). The van der Waals surface area contributed by atoms with Crippen molar-refractivity contribution < 1.29 is 4.79 Å². The molecule has 1 heterocycles. The van der Waals surface area contributed by atoms with Crippen molar-refractivity contribution in [1.82, 2.24) is 5.32 Å². The molecule has 0 aromatic rings. The second kappa shape index (κ2) is 5.83. The minimum atomic E-state index is -0.226. The molecule has 1 aliphatic rings. The largest absolute Gasteiger partial charge is 0.352 e. The van der Waals surface area contributed by atoms with Crippen LogP contribution in [-0.4, -0.2) is 28.3 Å². The maximum Gasteiger partial charge on any atom is 0.236 e. The van der Waals surface area contributed by atoms with Crippen LogP contribution in [0.3, 0.4) is 0 Å². The quantitative estimate of drug-likeness (QED) is 0.798. The van der Waals surface area contributed by atoms with Gasteiger partial charge in [0.25, 0.3) is 0 Å². The van der Waals surface area contributed by atoms with Crippen LogP contribution in [0.25, 0.3) is 0 Å². The van der Waals surface area contributed by atoms with Crippen LogP contribution in [0.5, 0.6) is 0 Å². The number of hydrogen-bond acceptors (Lipinski definition) is 2. The van der Waals surface area contributed by atoms with Gasteiger partial charge in [-0.25, -0.2) is 0 Å². The number of carbonyl (C=O) groups is 1. The van der Waals surface area contributed by atoms with Gasteiger partial charge in [-0.15, -0.1) is 23.4 Å². The molecule has 17 heavy (non-hydrogen) atoms. The summed E-state index contributed by atoms with van der Waals surface area (Å²) in [5.74, 6) is 1.87. The monoisotopic (exact) mass is 277 g/mol. The fourth-order valence-corrected chi connectivity index (χ4v) is 3.54. The maximum absolute atomic E-state index is 12.3. The molecule has 1 N–H and O–H groups in total. The van der Waals surface area contributed by atoms with Crippen molar-refractivity contribution in [1.29, 1.82) is 0 Å². The molecule has 100 valence electrons. The summed E-state index contributed by atoms with van der Waals surface area (Å²) in [5.41, 5.74) is 0.0597. The summed E-state index contributed by atoms with van der Waals surface area (Å²) < 4.78 is -0.226. The lowest BCUT2D eigenvalue weighted by Gasteiger charge is -2.34. The van der Waals surface area contributed by atoms with E-state index in [2.05, 4.69) is 33.0 Å². The van der Waals surface area contributed by atoms with Crippen LogP contribution in [0.4, 0.5) is 0 Å². The van der Waals surface area contributed by atoms with Crippen LogP contribution < -0.4 is 5.32 Å². The van der Waals surface area contributed by atoms with E-state index in [1.807, 2.05) is 0 Å². The smallest absolute Gasteiger partial charge is 0.236 e. The van der Waals surface area contributed by atoms with Crippen molar-refractivity contribution in [2.24, 2.45) is 5.41 Å². The molecule has 0 saturated carbocycles. The molecular formula is C13H24ClNOS. The highest BCUT2D eigenvalue weighted by atomic mass is 35.5. The fourth-order valence-electron chi connectivity index (χ4n) is 2.10. The Morgan fingerprint density at radius 1 is 1.53 bits per heavy atom. The minimum absolute atomic E-state index is 0.0597. The maximum atomic E-state index is 12.3. The van der Waals surface area contributed by atoms with Gasteiger partial charge in [-0.05, 0) is 37.4 Å². The summed E-state index contributed by atoms with van der Waals surface area (Å²) >= 11 is 7.60. The van der Waals surface area contributed by atoms with Gasteiger partial charge < -0.3 is 5.32 Å². The number of rotatable bonds is 4. The molecule has 0 aromatic heterocycles. The molecule has 2 atom stereocenters. The van der Waals surface area contributed by atoms with Crippen LogP contribution in [0, 0.1) is 5.41 Å². The molecule has 1 amide bonds. The van der Waals surface area contributed by atoms with Gasteiger partial charge in [-0.3, -0.25) is 4.79 Å². The summed E-state index contributed by atoms with van der Waals surface area (Å²) in [6.45, 7) is 8.50. The molecule has 0 radical (unpaired) electrons. The zero-order valence-corrected chi connectivity index (χ0v) is 12.9. The van der Waals surface area contributed by atoms with Crippen molar-refractivity contribution in [3.05, 3.63) is 0 Å². The average molecular weight is 278 g/mol. The Kier molecular flexibility index (Phi) is 5.21. The van der Waals surface area contributed by atoms with E-state index in [1.54, 1.807) is 11.8 Å². The number of thioether (sulfide) groups is 1. The average Bonchev–Trinajstić information content (AvgIpc) is 2.64. The molecule has 1 saturated heterocycles. The highest BCUT2D eigenvalue weighted by Crippen LogP contribution is 2.38. The highest BCUT2D eigenvalue weighted by Gasteiger charge is 2.39. The lowest BCUT2D eigenvalue weighted by Crippen LogP contribution is -2.50. The Morgan fingerprint density at radius 2 is 2.18 bits per heavy atom. The van der Waals surface area contributed by atoms with E-state index in [4.69, 9.17) is 11.6 Å². The lowest BCUT2D eigenvalue weighted by atomic mass is 9.84. The molecule has 1 fully saturated rings. The molecule has 4 heteroatoms. The number of halogens is 1. The van der Waals surface area contributed by atoms with Gasteiger partial charge in [-0.2, -0.15) is 0 Å². The summed E-state index contributed by atoms with van der Waals surface area (Å²) in [4.78, 5) is 12.3. The van der Waals surface area contributed by atoms with E-state index >= 15 is 0 Å². The van der Waals surface area contributed by atoms with Crippen molar-refractivity contribution in [3.8, 4) is 0 Å². The van der Waals surface area contributed by atoms with E-state index in [1.165, 1.54) is 0 Å². The highest BCUT2D eigenvalue weighted by molar-refractivity contribution is 8.01. The number of hydrogen-bond donors (Lipinski definition) is 1. The first-order chi connectivity index (χ1) is 7.79. The molecule has 1 aliphatic heterocycles. The first-order valence-corrected chi connectivity index (χ1v) is 7.82. The van der Waals surface area contributed by atoms with Gasteiger partial charge in [0.1, 0.15) is 0 Å². The number of carbonyl (C=O) groups excluding carboxylic acids is 1. The Morgan fingerprint density at radius 3 is 2.59 bits per heavy atom. The molecule has 0 aliphatic carbocycles. The predicted octanol–water partition coefficient (Wildman–Crippen LogP) is 3.43. The number of alkyl halides is 1. The van der Waals surface area contributed by atoms with E-state index in [-0.39, 0.29) is 22.1 Å². The molecule has 0 aromatic carbocycles. The van der Waals surface area contributed by atoms with E-state index in [0.717, 1.165) is 25.0 Å². The van der Waals surface area contributed by atoms with Crippen molar-refractivity contribution in [3.63, 3.8) is 0 Å². The lowest BCUT2D eigenvalue weighted by molar-refractivity contribution is -0.124. The zero-order valence-electron chi connectivity index (χ0n) is 11.3. The molecular weight excluding hydrogens is 254 g/mol. The zero-order chi connectivity index (χ0) is 13.1. The molecule has 0 spiro atoms. The van der Waals surface area contributed by atoms with Crippen molar-refractivity contribution in [2.75, 3.05) is 11.6 Å². The molecule has 2 unspecified atom stereocenters. The third-order valence-electron chi connectivity index (χ3n) is 3.45. The fraction of sp³-hybridized carbons (Fsp3) is 0.923. The normalized spacial score (nSPS) is 26.9. The van der Waals surface area contributed by atoms with E-state index in [0.29, 0.717) is 5.88 Å². The summed E-state index contributed by atoms with van der Waals surface area (Å²) in [6.07, 6.45) is 2.96. The summed E-state index contributed by atoms with van der Waals surface area (Å²) in [5, 5.41) is 3.20. The predicted molar refractivity (Wildman–Crippen MR) is 76.8 cm³/mol. The SMILES string of the molecule is CC1(C(=O)NC(CCCl)C(C)(C)C)CCCS1. The first-order valence-electron chi connectivity index (χ1n) is 6.30. The molecule has 2 nitrogen and oxygen atoms in total. The number of amides is 1. The van der Waals surface area contributed by atoms with Gasteiger partial charge in [-0.1, -0.05) is 20.8 Å². The van der Waals surface area contributed by atoms with Gasteiger partial charge in [0.05, 0.1) is 4.75 Å². The van der Waals surface area contributed by atoms with E-state index < -0.39 is 0 Å². The van der Waals surface area contributed by atoms with Crippen LogP contribution in [0.2, 0.25) is 0 Å². The Hall–Kier alpha value is 0.110. The van der Waals surface area contributed by atoms with Crippen molar-refractivity contribution >= 4 is 29.3 Å². The van der Waals surface area contributed by atoms with Gasteiger partial charge >= 0.3 is 0 Å². The van der Waals surface area contributed by atoms with Crippen LogP contribution in [0.15, 0.2) is 0 Å². The third kappa shape index (κ3) is 4.06. The number of nitrogens with one attached hydrogen (secondary N) is 1. The van der Waals surface area contributed by atoms with Crippen LogP contribution >= 0.6 is 23.4 Å². The molecule has 1 rings (SSSR count). The van der Waals surface area contributed by atoms with Crippen LogP contribution in [0.1, 0.15) is 47.0 Å². The molecule has 0 bridgehead atoms. The second-order valence-corrected chi connectivity index (χ2v) is 8.03. The van der Waals surface area contributed by atoms with E-state index in [9.17, 15) is 4.79 Å². The summed E-state index contributed by atoms with van der Waals surface area (Å²) in [6, 6.07) is 0.158. The Labute approximate surface area is 114 Å². The summed E-state index contributed by atoms with van der Waals surface area (Å²) in [7, 11) is 0. The van der Waals surface area contributed by atoms with Gasteiger partial charge in [0.2, 0.25) is 5.91 Å². The Balaban J connectivity index is 2.64. The Bertz CT molecular complexity index is 269. The van der Waals surface area contributed by atoms with Gasteiger partial charge in [0, 0.05) is 11.9 Å². The van der Waals surface area contributed by atoms with Gasteiger partial charge in [0.15, 0.2) is 0 Å². The minimum Gasteiger partial charge on any atom is -0.352 e.